The Bertz CT molecular complexity index is 440. The molecule has 1 unspecified atom stereocenters. The van der Waals surface area contributed by atoms with Crippen LogP contribution in [0, 0.1) is 0 Å². The number of nitrogens with one attached hydrogen (secondary N) is 1. The van der Waals surface area contributed by atoms with Gasteiger partial charge >= 0.3 is 0 Å². The zero-order valence-corrected chi connectivity index (χ0v) is 12.1. The smallest absolute Gasteiger partial charge is 0.238 e. The summed E-state index contributed by atoms with van der Waals surface area (Å²) in [6.45, 7) is 2.06. The lowest BCUT2D eigenvalue weighted by Gasteiger charge is -2.22. The van der Waals surface area contributed by atoms with E-state index in [4.69, 9.17) is 21.4 Å². The number of aliphatic hydroxyl groups is 1. The maximum atomic E-state index is 11.8. The predicted molar refractivity (Wildman–Crippen MR) is 75.8 cm³/mol. The SMILES string of the molecule is COc1ccc(NC(=O)CN(C)C(C)CO)cc1Cl. The molecule has 0 aliphatic carbocycles. The number of methoxy groups -OCH3 is 1. The number of amides is 1. The Balaban J connectivity index is 2.60. The van der Waals surface area contributed by atoms with Crippen molar-refractivity contribution in [2.24, 2.45) is 0 Å². The number of halogens is 1. The van der Waals surface area contributed by atoms with E-state index < -0.39 is 0 Å². The van der Waals surface area contributed by atoms with Crippen molar-refractivity contribution >= 4 is 23.2 Å². The molecule has 0 radical (unpaired) electrons. The van der Waals surface area contributed by atoms with Gasteiger partial charge in [-0.25, -0.2) is 0 Å². The molecule has 0 fully saturated rings. The second-order valence-corrected chi connectivity index (χ2v) is 4.75. The molecule has 1 rings (SSSR count). The Morgan fingerprint density at radius 1 is 1.58 bits per heavy atom. The van der Waals surface area contributed by atoms with E-state index in [2.05, 4.69) is 5.32 Å². The average Bonchev–Trinajstić information content (AvgIpc) is 2.37. The highest BCUT2D eigenvalue weighted by Crippen LogP contribution is 2.27. The van der Waals surface area contributed by atoms with E-state index >= 15 is 0 Å². The molecule has 0 aliphatic heterocycles. The summed E-state index contributed by atoms with van der Waals surface area (Å²) in [7, 11) is 3.31. The van der Waals surface area contributed by atoms with E-state index in [1.165, 1.54) is 7.11 Å². The number of hydrogen-bond acceptors (Lipinski definition) is 4. The molecule has 0 saturated heterocycles. The number of nitrogens with zero attached hydrogens (tertiary/aromatic N) is 1. The Morgan fingerprint density at radius 3 is 2.79 bits per heavy atom. The second kappa shape index (κ2) is 7.33. The fourth-order valence-corrected chi connectivity index (χ4v) is 1.72. The van der Waals surface area contributed by atoms with Crippen molar-refractivity contribution < 1.29 is 14.6 Å². The van der Waals surface area contributed by atoms with Crippen LogP contribution in [0.3, 0.4) is 0 Å². The maximum absolute atomic E-state index is 11.8. The van der Waals surface area contributed by atoms with Gasteiger partial charge in [0.05, 0.1) is 25.3 Å². The van der Waals surface area contributed by atoms with E-state index in [0.717, 1.165) is 0 Å². The number of hydrogen-bond donors (Lipinski definition) is 2. The van der Waals surface area contributed by atoms with E-state index in [-0.39, 0.29) is 25.1 Å². The van der Waals surface area contributed by atoms with Crippen LogP contribution in [0.15, 0.2) is 18.2 Å². The summed E-state index contributed by atoms with van der Waals surface area (Å²) in [5, 5.41) is 12.2. The van der Waals surface area contributed by atoms with Crippen molar-refractivity contribution in [3.8, 4) is 5.75 Å². The molecular formula is C13H19ClN2O3. The zero-order valence-electron chi connectivity index (χ0n) is 11.3. The topological polar surface area (TPSA) is 61.8 Å². The van der Waals surface area contributed by atoms with Gasteiger partial charge in [0.25, 0.3) is 0 Å². The Hall–Kier alpha value is -1.30. The van der Waals surface area contributed by atoms with Crippen LogP contribution in [-0.4, -0.2) is 49.3 Å². The van der Waals surface area contributed by atoms with Crippen LogP contribution < -0.4 is 10.1 Å². The summed E-state index contributed by atoms with van der Waals surface area (Å²) in [6, 6.07) is 4.98. The monoisotopic (exact) mass is 286 g/mol. The van der Waals surface area contributed by atoms with Crippen molar-refractivity contribution in [1.29, 1.82) is 0 Å². The van der Waals surface area contributed by atoms with Crippen LogP contribution in [0.2, 0.25) is 5.02 Å². The van der Waals surface area contributed by atoms with Gasteiger partial charge in [0.2, 0.25) is 5.91 Å². The minimum Gasteiger partial charge on any atom is -0.495 e. The molecule has 2 N–H and O–H groups in total. The lowest BCUT2D eigenvalue weighted by atomic mass is 10.3. The number of likely N-dealkylation sites (N-methyl/N-ethyl adjacent to an activating group) is 1. The molecule has 0 bridgehead atoms. The molecule has 0 heterocycles. The van der Waals surface area contributed by atoms with E-state index in [0.29, 0.717) is 16.5 Å². The standard InChI is InChI=1S/C13H19ClN2O3/c1-9(8-17)16(2)7-13(18)15-10-4-5-12(19-3)11(14)6-10/h4-6,9,17H,7-8H2,1-3H3,(H,15,18). The summed E-state index contributed by atoms with van der Waals surface area (Å²) in [5.74, 6) is 0.398. The van der Waals surface area contributed by atoms with E-state index in [9.17, 15) is 4.79 Å². The summed E-state index contributed by atoms with van der Waals surface area (Å²) in [5.41, 5.74) is 0.612. The minimum atomic E-state index is -0.163. The summed E-state index contributed by atoms with van der Waals surface area (Å²) >= 11 is 5.97. The first-order valence-corrected chi connectivity index (χ1v) is 6.30. The number of benzene rings is 1. The molecule has 1 aromatic carbocycles. The Labute approximate surface area is 118 Å². The predicted octanol–water partition coefficient (Wildman–Crippen LogP) is 1.60. The van der Waals surface area contributed by atoms with Gasteiger partial charge in [-0.15, -0.1) is 0 Å². The van der Waals surface area contributed by atoms with Crippen molar-refractivity contribution in [2.75, 3.05) is 32.6 Å². The van der Waals surface area contributed by atoms with Gasteiger partial charge in [-0.05, 0) is 32.2 Å². The van der Waals surface area contributed by atoms with Gasteiger partial charge in [0, 0.05) is 11.7 Å². The molecule has 0 spiro atoms. The lowest BCUT2D eigenvalue weighted by Crippen LogP contribution is -2.38. The van der Waals surface area contributed by atoms with Gasteiger partial charge < -0.3 is 15.2 Å². The summed E-state index contributed by atoms with van der Waals surface area (Å²) < 4.78 is 5.03. The van der Waals surface area contributed by atoms with Crippen LogP contribution in [0.25, 0.3) is 0 Å². The zero-order chi connectivity index (χ0) is 14.4. The molecule has 19 heavy (non-hydrogen) atoms. The molecular weight excluding hydrogens is 268 g/mol. The van der Waals surface area contributed by atoms with Gasteiger partial charge in [0.1, 0.15) is 5.75 Å². The molecule has 0 aromatic heterocycles. The molecule has 1 aromatic rings. The third-order valence-electron chi connectivity index (χ3n) is 2.85. The quantitative estimate of drug-likeness (QED) is 0.834. The number of ether oxygens (including phenoxy) is 1. The second-order valence-electron chi connectivity index (χ2n) is 4.34. The van der Waals surface area contributed by atoms with Crippen LogP contribution in [-0.2, 0) is 4.79 Å². The van der Waals surface area contributed by atoms with E-state index in [1.54, 1.807) is 30.1 Å². The number of carbonyl (C=O) groups excluding carboxylic acids is 1. The van der Waals surface area contributed by atoms with Crippen LogP contribution >= 0.6 is 11.6 Å². The van der Waals surface area contributed by atoms with Gasteiger partial charge in [0.15, 0.2) is 0 Å². The number of aliphatic hydroxyl groups excluding tert-OH is 1. The number of rotatable bonds is 6. The van der Waals surface area contributed by atoms with Crippen LogP contribution in [0.4, 0.5) is 5.69 Å². The third kappa shape index (κ3) is 4.70. The first kappa shape index (κ1) is 15.8. The molecule has 1 atom stereocenters. The average molecular weight is 287 g/mol. The molecule has 5 nitrogen and oxygen atoms in total. The van der Waals surface area contributed by atoms with Crippen LogP contribution in [0.5, 0.6) is 5.75 Å². The molecule has 6 heteroatoms. The number of anilines is 1. The van der Waals surface area contributed by atoms with Crippen molar-refractivity contribution in [1.82, 2.24) is 4.90 Å². The third-order valence-corrected chi connectivity index (χ3v) is 3.14. The van der Waals surface area contributed by atoms with Crippen LogP contribution in [0.1, 0.15) is 6.92 Å². The van der Waals surface area contributed by atoms with Crippen molar-refractivity contribution in [3.63, 3.8) is 0 Å². The first-order chi connectivity index (χ1) is 8.97. The Kier molecular flexibility index (Phi) is 6.08. The first-order valence-electron chi connectivity index (χ1n) is 5.92. The molecule has 1 amide bonds. The van der Waals surface area contributed by atoms with E-state index in [1.807, 2.05) is 6.92 Å². The molecule has 0 aliphatic rings. The Morgan fingerprint density at radius 2 is 2.26 bits per heavy atom. The van der Waals surface area contributed by atoms with Gasteiger partial charge in [-0.2, -0.15) is 0 Å². The maximum Gasteiger partial charge on any atom is 0.238 e. The summed E-state index contributed by atoms with van der Waals surface area (Å²) in [6.07, 6.45) is 0. The highest BCUT2D eigenvalue weighted by molar-refractivity contribution is 6.32. The van der Waals surface area contributed by atoms with Gasteiger partial charge in [-0.3, -0.25) is 9.69 Å². The fraction of sp³-hybridized carbons (Fsp3) is 0.462. The highest BCUT2D eigenvalue weighted by Gasteiger charge is 2.12. The molecule has 106 valence electrons. The number of carbonyl (C=O) groups is 1. The largest absolute Gasteiger partial charge is 0.495 e. The van der Waals surface area contributed by atoms with Crippen molar-refractivity contribution in [2.45, 2.75) is 13.0 Å². The normalized spacial score (nSPS) is 12.3. The minimum absolute atomic E-state index is 0.0120. The summed E-state index contributed by atoms with van der Waals surface area (Å²) in [4.78, 5) is 13.6. The fourth-order valence-electron chi connectivity index (χ4n) is 1.47. The van der Waals surface area contributed by atoms with Gasteiger partial charge in [-0.1, -0.05) is 11.6 Å². The van der Waals surface area contributed by atoms with Crippen molar-refractivity contribution in [3.05, 3.63) is 23.2 Å². The molecule has 0 saturated carbocycles. The highest BCUT2D eigenvalue weighted by atomic mass is 35.5. The lowest BCUT2D eigenvalue weighted by molar-refractivity contribution is -0.117.